The maximum absolute atomic E-state index is 12.6. The highest BCUT2D eigenvalue weighted by molar-refractivity contribution is 5.70. The van der Waals surface area contributed by atoms with Crippen LogP contribution in [0.15, 0.2) is 24.3 Å². The lowest BCUT2D eigenvalue weighted by Crippen LogP contribution is -2.59. The minimum absolute atomic E-state index is 0.126. The zero-order valence-electron chi connectivity index (χ0n) is 30.7. The zero-order valence-corrected chi connectivity index (χ0v) is 30.7. The van der Waals surface area contributed by atoms with Crippen LogP contribution in [0.5, 0.6) is 0 Å². The lowest BCUT2D eigenvalue weighted by Gasteiger charge is -2.39. The molecule has 10 heteroatoms. The van der Waals surface area contributed by atoms with Gasteiger partial charge in [0.2, 0.25) is 0 Å². The topological polar surface area (TPSA) is 152 Å². The lowest BCUT2D eigenvalue weighted by molar-refractivity contribution is -0.305. The second-order valence-corrected chi connectivity index (χ2v) is 13.4. The SMILES string of the molecule is CCCCCCCC/C=C/C/C=C/CCC(=O)OC(COC(=O)CCCCCCCCCCCCC)CO[C@@H]1O[C@H](CO)[C@H](O)C(O)C1O. The molecule has 1 fully saturated rings. The van der Waals surface area contributed by atoms with Crippen molar-refractivity contribution >= 4 is 11.9 Å². The van der Waals surface area contributed by atoms with Crippen molar-refractivity contribution in [2.24, 2.45) is 0 Å². The average molecular weight is 699 g/mol. The summed E-state index contributed by atoms with van der Waals surface area (Å²) in [6, 6.07) is 0. The molecule has 0 aromatic carbocycles. The Balaban J connectivity index is 2.45. The van der Waals surface area contributed by atoms with Crippen molar-refractivity contribution in [3.63, 3.8) is 0 Å². The molecule has 0 bridgehead atoms. The van der Waals surface area contributed by atoms with Crippen LogP contribution >= 0.6 is 0 Å². The number of hydrogen-bond donors (Lipinski definition) is 4. The molecular weight excluding hydrogens is 628 g/mol. The molecule has 0 spiro atoms. The molecule has 0 saturated carbocycles. The van der Waals surface area contributed by atoms with Crippen LogP contribution in [0, 0.1) is 0 Å². The number of unbranched alkanes of at least 4 members (excludes halogenated alkanes) is 16. The van der Waals surface area contributed by atoms with E-state index in [-0.39, 0.29) is 26.1 Å². The molecule has 1 heterocycles. The fourth-order valence-corrected chi connectivity index (χ4v) is 5.71. The summed E-state index contributed by atoms with van der Waals surface area (Å²) in [6.45, 7) is 3.33. The van der Waals surface area contributed by atoms with Gasteiger partial charge in [0.05, 0.1) is 13.2 Å². The second kappa shape index (κ2) is 31.0. The van der Waals surface area contributed by atoms with Crippen LogP contribution in [0.1, 0.15) is 155 Å². The Morgan fingerprint density at radius 1 is 0.633 bits per heavy atom. The third kappa shape index (κ3) is 23.3. The maximum atomic E-state index is 12.6. The standard InChI is InChI=1S/C39H70O10/c1-3-5-7-9-11-13-15-16-18-20-22-24-26-28-35(42)48-32(31-47-39-38(45)37(44)36(43)33(29-40)49-39)30-46-34(41)27-25-23-21-19-17-14-12-10-8-6-4-2/h16,18,22,24,32-33,36-40,43-45H,3-15,17,19-21,23,25-31H2,1-2H3/b18-16+,24-22+/t32?,33-,36+,37?,38?,39-/m1/s1. The number of rotatable bonds is 31. The molecule has 3 unspecified atom stereocenters. The van der Waals surface area contributed by atoms with Crippen LogP contribution < -0.4 is 0 Å². The largest absolute Gasteiger partial charge is 0.462 e. The minimum atomic E-state index is -1.60. The van der Waals surface area contributed by atoms with Gasteiger partial charge in [-0.2, -0.15) is 0 Å². The molecule has 0 aromatic heterocycles. The smallest absolute Gasteiger partial charge is 0.306 e. The first-order valence-corrected chi connectivity index (χ1v) is 19.4. The number of aliphatic hydroxyl groups is 4. The highest BCUT2D eigenvalue weighted by Crippen LogP contribution is 2.22. The van der Waals surface area contributed by atoms with Crippen molar-refractivity contribution in [2.75, 3.05) is 19.8 Å². The summed E-state index contributed by atoms with van der Waals surface area (Å²) in [7, 11) is 0. The normalized spacial score (nSPS) is 21.8. The Kier molecular flexibility index (Phi) is 28.6. The Morgan fingerprint density at radius 3 is 1.78 bits per heavy atom. The molecule has 4 N–H and O–H groups in total. The number of carbonyl (C=O) groups is 2. The van der Waals surface area contributed by atoms with Gasteiger partial charge in [-0.3, -0.25) is 9.59 Å². The predicted octanol–water partition coefficient (Wildman–Crippen LogP) is 6.99. The van der Waals surface area contributed by atoms with E-state index in [1.807, 2.05) is 12.2 Å². The van der Waals surface area contributed by atoms with E-state index in [1.165, 1.54) is 89.9 Å². The molecule has 0 amide bonds. The van der Waals surface area contributed by atoms with Crippen molar-refractivity contribution in [3.8, 4) is 0 Å². The Morgan fingerprint density at radius 2 is 1.18 bits per heavy atom. The second-order valence-electron chi connectivity index (χ2n) is 13.4. The van der Waals surface area contributed by atoms with Gasteiger partial charge in [0.25, 0.3) is 0 Å². The van der Waals surface area contributed by atoms with Gasteiger partial charge in [0.15, 0.2) is 12.4 Å². The van der Waals surface area contributed by atoms with Gasteiger partial charge in [0, 0.05) is 12.8 Å². The summed E-state index contributed by atoms with van der Waals surface area (Å²) >= 11 is 0. The van der Waals surface area contributed by atoms with Gasteiger partial charge in [0.1, 0.15) is 31.0 Å². The average Bonchev–Trinajstić information content (AvgIpc) is 3.10. The number of ether oxygens (including phenoxy) is 4. The molecule has 1 aliphatic heterocycles. The molecule has 1 saturated heterocycles. The van der Waals surface area contributed by atoms with Crippen molar-refractivity contribution in [1.29, 1.82) is 0 Å². The molecule has 49 heavy (non-hydrogen) atoms. The lowest BCUT2D eigenvalue weighted by atomic mass is 9.99. The van der Waals surface area contributed by atoms with Crippen molar-refractivity contribution in [2.45, 2.75) is 192 Å². The van der Waals surface area contributed by atoms with E-state index < -0.39 is 55.4 Å². The van der Waals surface area contributed by atoms with Gasteiger partial charge >= 0.3 is 11.9 Å². The van der Waals surface area contributed by atoms with Gasteiger partial charge in [-0.1, -0.05) is 134 Å². The number of aliphatic hydroxyl groups excluding tert-OH is 4. The van der Waals surface area contributed by atoms with E-state index in [2.05, 4.69) is 26.0 Å². The van der Waals surface area contributed by atoms with Crippen LogP contribution in [-0.4, -0.2) is 89.0 Å². The first kappa shape index (κ1) is 45.2. The molecule has 1 aliphatic rings. The molecule has 286 valence electrons. The molecule has 10 nitrogen and oxygen atoms in total. The molecule has 0 aromatic rings. The van der Waals surface area contributed by atoms with E-state index in [1.54, 1.807) is 0 Å². The van der Waals surface area contributed by atoms with Crippen molar-refractivity contribution < 1.29 is 49.0 Å². The Labute approximate surface area is 296 Å². The molecule has 6 atom stereocenters. The molecule has 1 rings (SSSR count). The van der Waals surface area contributed by atoms with E-state index >= 15 is 0 Å². The third-order valence-electron chi connectivity index (χ3n) is 8.85. The summed E-state index contributed by atoms with van der Waals surface area (Å²) in [4.78, 5) is 25.1. The monoisotopic (exact) mass is 698 g/mol. The molecular formula is C39H70O10. The minimum Gasteiger partial charge on any atom is -0.462 e. The summed E-state index contributed by atoms with van der Waals surface area (Å²) in [5.74, 6) is -0.885. The first-order valence-electron chi connectivity index (χ1n) is 19.4. The van der Waals surface area contributed by atoms with Gasteiger partial charge in [-0.15, -0.1) is 0 Å². The fraction of sp³-hybridized carbons (Fsp3) is 0.846. The van der Waals surface area contributed by atoms with Crippen LogP contribution in [0.25, 0.3) is 0 Å². The zero-order chi connectivity index (χ0) is 36.0. The summed E-state index contributed by atoms with van der Waals surface area (Å²) in [5, 5.41) is 39.9. The quantitative estimate of drug-likeness (QED) is 0.0339. The van der Waals surface area contributed by atoms with Crippen molar-refractivity contribution in [1.82, 2.24) is 0 Å². The number of hydrogen-bond acceptors (Lipinski definition) is 10. The van der Waals surface area contributed by atoms with Crippen molar-refractivity contribution in [3.05, 3.63) is 24.3 Å². The van der Waals surface area contributed by atoms with Gasteiger partial charge in [-0.05, 0) is 32.1 Å². The number of allylic oxidation sites excluding steroid dienone is 4. The Hall–Kier alpha value is -1.82. The summed E-state index contributed by atoms with van der Waals surface area (Å²) in [5.41, 5.74) is 0. The highest BCUT2D eigenvalue weighted by Gasteiger charge is 2.44. The number of esters is 2. The molecule has 0 aliphatic carbocycles. The van der Waals surface area contributed by atoms with Crippen LogP contribution in [0.2, 0.25) is 0 Å². The van der Waals surface area contributed by atoms with Gasteiger partial charge < -0.3 is 39.4 Å². The Bertz CT molecular complexity index is 861. The maximum Gasteiger partial charge on any atom is 0.306 e. The predicted molar refractivity (Wildman–Crippen MR) is 192 cm³/mol. The molecule has 0 radical (unpaired) electrons. The van der Waals surface area contributed by atoms with E-state index in [4.69, 9.17) is 18.9 Å². The summed E-state index contributed by atoms with van der Waals surface area (Å²) < 4.78 is 22.0. The number of carbonyl (C=O) groups excluding carboxylic acids is 2. The van der Waals surface area contributed by atoms with E-state index in [9.17, 15) is 30.0 Å². The fourth-order valence-electron chi connectivity index (χ4n) is 5.71. The van der Waals surface area contributed by atoms with Gasteiger partial charge in [-0.25, -0.2) is 0 Å². The first-order chi connectivity index (χ1) is 23.8. The van der Waals surface area contributed by atoms with Crippen LogP contribution in [0.4, 0.5) is 0 Å². The van der Waals surface area contributed by atoms with E-state index in [0.717, 1.165) is 32.1 Å². The summed E-state index contributed by atoms with van der Waals surface area (Å²) in [6.07, 6.45) is 23.5. The van der Waals surface area contributed by atoms with Crippen LogP contribution in [0.3, 0.4) is 0 Å². The third-order valence-corrected chi connectivity index (χ3v) is 8.85. The highest BCUT2D eigenvalue weighted by atomic mass is 16.7. The van der Waals surface area contributed by atoms with E-state index in [0.29, 0.717) is 6.42 Å². The van der Waals surface area contributed by atoms with Crippen LogP contribution in [-0.2, 0) is 28.5 Å².